The molecule has 1 aliphatic carbocycles. The van der Waals surface area contributed by atoms with Crippen molar-refractivity contribution in [3.8, 4) is 0 Å². The fraction of sp³-hybridized carbons (Fsp3) is 0.536. The van der Waals surface area contributed by atoms with Crippen molar-refractivity contribution in [1.29, 1.82) is 0 Å². The summed E-state index contributed by atoms with van der Waals surface area (Å²) < 4.78 is 28.5. The number of rotatable bonds is 6. The van der Waals surface area contributed by atoms with Gasteiger partial charge in [-0.15, -0.1) is 0 Å². The van der Waals surface area contributed by atoms with Crippen LogP contribution in [0.15, 0.2) is 30.3 Å². The fourth-order valence-electron chi connectivity index (χ4n) is 6.86. The second-order valence-electron chi connectivity index (χ2n) is 11.7. The number of anilines is 3. The summed E-state index contributed by atoms with van der Waals surface area (Å²) in [6.45, 7) is 3.64. The van der Waals surface area contributed by atoms with Gasteiger partial charge >= 0.3 is 0 Å². The van der Waals surface area contributed by atoms with Gasteiger partial charge in [-0.3, -0.25) is 9.52 Å². The third-order valence-electron chi connectivity index (χ3n) is 8.91. The third-order valence-corrected chi connectivity index (χ3v) is 9.74. The van der Waals surface area contributed by atoms with E-state index in [0.29, 0.717) is 17.6 Å². The van der Waals surface area contributed by atoms with E-state index in [2.05, 4.69) is 20.6 Å². The molecule has 12 heteroatoms. The summed E-state index contributed by atoms with van der Waals surface area (Å²) in [4.78, 5) is 25.6. The molecule has 4 fully saturated rings. The molecule has 0 radical (unpaired) electrons. The maximum absolute atomic E-state index is 14.0. The van der Waals surface area contributed by atoms with E-state index in [4.69, 9.17) is 21.7 Å². The average Bonchev–Trinajstić information content (AvgIpc) is 3.63. The van der Waals surface area contributed by atoms with Crippen molar-refractivity contribution in [2.24, 2.45) is 5.92 Å². The molecule has 2 bridgehead atoms. The van der Waals surface area contributed by atoms with Crippen LogP contribution in [0.1, 0.15) is 67.0 Å². The molecule has 2 aromatic heterocycles. The first-order valence-corrected chi connectivity index (χ1v) is 16.5. The number of hydrogen-bond donors (Lipinski definition) is 1. The van der Waals surface area contributed by atoms with Gasteiger partial charge in [0.2, 0.25) is 10.0 Å². The first-order valence-electron chi connectivity index (χ1n) is 14.2. The molecule has 3 saturated heterocycles. The molecule has 7 rings (SSSR count). The summed E-state index contributed by atoms with van der Waals surface area (Å²) in [5.74, 6) is 2.57. The molecule has 3 aliphatic heterocycles. The van der Waals surface area contributed by atoms with Crippen LogP contribution in [0, 0.1) is 5.92 Å². The van der Waals surface area contributed by atoms with E-state index in [1.807, 2.05) is 15.5 Å². The highest BCUT2D eigenvalue weighted by atomic mass is 35.5. The van der Waals surface area contributed by atoms with Crippen molar-refractivity contribution < 1.29 is 13.2 Å². The monoisotopic (exact) mass is 583 g/mol. The molecule has 1 aromatic carbocycles. The zero-order valence-corrected chi connectivity index (χ0v) is 24.2. The normalized spacial score (nSPS) is 24.6. The summed E-state index contributed by atoms with van der Waals surface area (Å²) in [6.07, 6.45) is 8.63. The van der Waals surface area contributed by atoms with Gasteiger partial charge in [0.05, 0.1) is 29.2 Å². The number of carbonyl (C=O) groups is 1. The number of sulfonamides is 1. The van der Waals surface area contributed by atoms with Gasteiger partial charge in [0.15, 0.2) is 5.65 Å². The zero-order chi connectivity index (χ0) is 27.6. The molecule has 10 nitrogen and oxygen atoms in total. The Morgan fingerprint density at radius 1 is 1.05 bits per heavy atom. The van der Waals surface area contributed by atoms with E-state index >= 15 is 0 Å². The van der Waals surface area contributed by atoms with Crippen LogP contribution in [0.3, 0.4) is 0 Å². The lowest BCUT2D eigenvalue weighted by atomic mass is 9.98. The summed E-state index contributed by atoms with van der Waals surface area (Å²) in [5.41, 5.74) is 2.08. The number of likely N-dealkylation sites (tertiary alicyclic amines) is 1. The Kier molecular flexibility index (Phi) is 6.34. The molecule has 212 valence electrons. The SMILES string of the molecule is CS(=O)(=O)Nc1ccc(Cl)cc1C(=O)N1CCCC[C@H]1c1cc2nc(N3CCC3)cc(N3C[C@H]4CC[C@@H]3C4)n2n1. The molecule has 1 saturated carbocycles. The van der Waals surface area contributed by atoms with Gasteiger partial charge in [0, 0.05) is 49.4 Å². The number of amides is 1. The number of benzene rings is 1. The van der Waals surface area contributed by atoms with Crippen molar-refractivity contribution in [3.05, 3.63) is 46.6 Å². The molecular weight excluding hydrogens is 550 g/mol. The largest absolute Gasteiger partial charge is 0.356 e. The smallest absolute Gasteiger partial charge is 0.256 e. The van der Waals surface area contributed by atoms with E-state index < -0.39 is 10.0 Å². The van der Waals surface area contributed by atoms with Crippen molar-refractivity contribution in [2.45, 2.75) is 57.0 Å². The van der Waals surface area contributed by atoms with Gasteiger partial charge in [-0.2, -0.15) is 9.61 Å². The Morgan fingerprint density at radius 3 is 2.60 bits per heavy atom. The number of halogens is 1. The van der Waals surface area contributed by atoms with E-state index in [1.165, 1.54) is 37.8 Å². The quantitative estimate of drug-likeness (QED) is 0.461. The molecule has 3 atom stereocenters. The lowest BCUT2D eigenvalue weighted by Gasteiger charge is -2.35. The van der Waals surface area contributed by atoms with Crippen LogP contribution >= 0.6 is 11.6 Å². The van der Waals surface area contributed by atoms with Gasteiger partial charge in [-0.25, -0.2) is 13.4 Å². The van der Waals surface area contributed by atoms with Crippen LogP contribution in [0.25, 0.3) is 5.65 Å². The standard InChI is InChI=1S/C28H34ClN7O3S/c1-40(38,39)32-22-9-7-19(29)14-21(22)28(37)34-12-3-2-5-24(34)23-15-26-30-25(33-10-4-11-33)16-27(36(26)31-23)35-17-18-6-8-20(35)13-18/h7,9,14-16,18,20,24,32H,2-6,8,10-13,17H2,1H3/t18-,20+,24-/m0/s1. The zero-order valence-electron chi connectivity index (χ0n) is 22.6. The first kappa shape index (κ1) is 25.9. The van der Waals surface area contributed by atoms with E-state index in [-0.39, 0.29) is 23.2 Å². The Morgan fingerprint density at radius 2 is 1.90 bits per heavy atom. The van der Waals surface area contributed by atoms with E-state index in [9.17, 15) is 13.2 Å². The fourth-order valence-corrected chi connectivity index (χ4v) is 7.61. The maximum Gasteiger partial charge on any atom is 0.256 e. The van der Waals surface area contributed by atoms with Crippen LogP contribution < -0.4 is 14.5 Å². The van der Waals surface area contributed by atoms with Crippen molar-refractivity contribution in [3.63, 3.8) is 0 Å². The van der Waals surface area contributed by atoms with Crippen LogP contribution in [0.2, 0.25) is 5.02 Å². The molecule has 1 N–H and O–H groups in total. The Hall–Kier alpha value is -3.05. The van der Waals surface area contributed by atoms with Gasteiger partial charge in [-0.1, -0.05) is 11.6 Å². The summed E-state index contributed by atoms with van der Waals surface area (Å²) in [6, 6.07) is 9.18. The summed E-state index contributed by atoms with van der Waals surface area (Å²) in [5, 5.41) is 5.47. The van der Waals surface area contributed by atoms with Crippen LogP contribution in [0.5, 0.6) is 0 Å². The van der Waals surface area contributed by atoms with Crippen LogP contribution in [-0.2, 0) is 10.0 Å². The number of piperidine rings is 2. The summed E-state index contributed by atoms with van der Waals surface area (Å²) >= 11 is 6.26. The minimum absolute atomic E-state index is 0.225. The Balaban J connectivity index is 1.27. The van der Waals surface area contributed by atoms with E-state index in [0.717, 1.165) is 74.0 Å². The van der Waals surface area contributed by atoms with E-state index in [1.54, 1.807) is 6.07 Å². The van der Waals surface area contributed by atoms with Crippen molar-refractivity contribution in [2.75, 3.05) is 47.0 Å². The molecular formula is C28H34ClN7O3S. The van der Waals surface area contributed by atoms with Crippen LogP contribution in [0.4, 0.5) is 17.3 Å². The molecule has 5 heterocycles. The van der Waals surface area contributed by atoms with Gasteiger partial charge < -0.3 is 14.7 Å². The third kappa shape index (κ3) is 4.66. The first-order chi connectivity index (χ1) is 19.2. The summed E-state index contributed by atoms with van der Waals surface area (Å²) in [7, 11) is -3.58. The lowest BCUT2D eigenvalue weighted by Crippen LogP contribution is -2.39. The molecule has 4 aliphatic rings. The predicted molar refractivity (Wildman–Crippen MR) is 156 cm³/mol. The molecule has 0 unspecified atom stereocenters. The Bertz CT molecular complexity index is 1590. The highest BCUT2D eigenvalue weighted by molar-refractivity contribution is 7.92. The number of aromatic nitrogens is 3. The topological polar surface area (TPSA) is 103 Å². The van der Waals surface area contributed by atoms with Crippen molar-refractivity contribution >= 4 is 50.5 Å². The lowest BCUT2D eigenvalue weighted by molar-refractivity contribution is 0.0607. The minimum atomic E-state index is -3.58. The number of nitrogens with zero attached hydrogens (tertiary/aromatic N) is 6. The van der Waals surface area contributed by atoms with Gasteiger partial charge in [-0.05, 0) is 69.1 Å². The van der Waals surface area contributed by atoms with Gasteiger partial charge in [0.25, 0.3) is 5.91 Å². The van der Waals surface area contributed by atoms with Gasteiger partial charge in [0.1, 0.15) is 11.6 Å². The highest BCUT2D eigenvalue weighted by Crippen LogP contribution is 2.42. The molecule has 40 heavy (non-hydrogen) atoms. The number of hydrogen-bond acceptors (Lipinski definition) is 7. The Labute approximate surface area is 239 Å². The number of carbonyl (C=O) groups excluding carboxylic acids is 1. The predicted octanol–water partition coefficient (Wildman–Crippen LogP) is 4.32. The second-order valence-corrected chi connectivity index (χ2v) is 13.9. The minimum Gasteiger partial charge on any atom is -0.356 e. The molecule has 3 aromatic rings. The second kappa shape index (κ2) is 9.80. The average molecular weight is 584 g/mol. The number of fused-ring (bicyclic) bond motifs is 3. The number of nitrogens with one attached hydrogen (secondary N) is 1. The molecule has 0 spiro atoms. The van der Waals surface area contributed by atoms with Crippen LogP contribution in [-0.4, -0.2) is 72.3 Å². The maximum atomic E-state index is 14.0. The highest BCUT2D eigenvalue weighted by Gasteiger charge is 2.40. The molecule has 1 amide bonds. The van der Waals surface area contributed by atoms with Crippen molar-refractivity contribution in [1.82, 2.24) is 19.5 Å².